The van der Waals surface area contributed by atoms with E-state index in [-0.39, 0.29) is 30.0 Å². The van der Waals surface area contributed by atoms with Gasteiger partial charge in [-0.2, -0.15) is 8.78 Å². The summed E-state index contributed by atoms with van der Waals surface area (Å²) < 4.78 is 66.8. The lowest BCUT2D eigenvalue weighted by atomic mass is 9.78. The minimum absolute atomic E-state index is 0.0374. The minimum Gasteiger partial charge on any atom is -0.359 e. The van der Waals surface area contributed by atoms with Gasteiger partial charge in [-0.1, -0.05) is 116 Å². The van der Waals surface area contributed by atoms with E-state index in [1.165, 1.54) is 25.3 Å². The van der Waals surface area contributed by atoms with Crippen LogP contribution >= 0.6 is 15.2 Å². The number of benzene rings is 5. The largest absolute Gasteiger partial charge is 0.399 e. The van der Waals surface area contributed by atoms with Crippen LogP contribution in [-0.4, -0.2) is 53.5 Å². The second-order valence-corrected chi connectivity index (χ2v) is 18.5. The normalized spacial score (nSPS) is 14.2. The van der Waals surface area contributed by atoms with Crippen molar-refractivity contribution in [2.45, 2.75) is 50.4 Å². The Hall–Kier alpha value is -5.01. The van der Waals surface area contributed by atoms with Gasteiger partial charge in [-0.3, -0.25) is 9.13 Å². The molecule has 7 rings (SSSR count). The van der Waals surface area contributed by atoms with Crippen molar-refractivity contribution in [2.75, 3.05) is 13.9 Å². The maximum atomic E-state index is 14.7. The fraction of sp³-hybridized carbons (Fsp3) is 0.250. The molecule has 0 aliphatic carbocycles. The molecule has 2 unspecified atom stereocenters. The number of fused-ring (bicyclic) bond motifs is 2. The maximum absolute atomic E-state index is 14.7. The van der Waals surface area contributed by atoms with Gasteiger partial charge in [0.05, 0.1) is 27.6 Å². The number of rotatable bonds is 16. The van der Waals surface area contributed by atoms with Gasteiger partial charge in [0.1, 0.15) is 18.4 Å². The molecule has 0 saturated carbocycles. The summed E-state index contributed by atoms with van der Waals surface area (Å²) in [5.41, 5.74) is -0.541. The van der Waals surface area contributed by atoms with Gasteiger partial charge < -0.3 is 29.0 Å². The Labute approximate surface area is 345 Å². The fourth-order valence-electron chi connectivity index (χ4n) is 7.61. The highest BCUT2D eigenvalue weighted by atomic mass is 31.2. The molecule has 16 heteroatoms. The van der Waals surface area contributed by atoms with Crippen LogP contribution in [0.5, 0.6) is 0 Å². The summed E-state index contributed by atoms with van der Waals surface area (Å²) in [5, 5.41) is 9.44. The highest BCUT2D eigenvalue weighted by molar-refractivity contribution is 7.60. The lowest BCUT2D eigenvalue weighted by Gasteiger charge is -2.36. The van der Waals surface area contributed by atoms with E-state index in [0.29, 0.717) is 46.1 Å². The Kier molecular flexibility index (Phi) is 12.3. The third-order valence-corrected chi connectivity index (χ3v) is 12.5. The van der Waals surface area contributed by atoms with Crippen LogP contribution in [0.2, 0.25) is 0 Å². The predicted molar refractivity (Wildman–Crippen MR) is 225 cm³/mol. The summed E-state index contributed by atoms with van der Waals surface area (Å²) in [5.74, 6) is 0.259. The molecule has 0 aliphatic heterocycles. The molecular formula is C44H44F2N4O8P2. The van der Waals surface area contributed by atoms with Gasteiger partial charge in [0, 0.05) is 30.9 Å². The summed E-state index contributed by atoms with van der Waals surface area (Å²) in [4.78, 5) is 44.6. The van der Waals surface area contributed by atoms with E-state index in [4.69, 9.17) is 14.5 Å². The van der Waals surface area contributed by atoms with E-state index in [1.807, 2.05) is 103 Å². The van der Waals surface area contributed by atoms with E-state index >= 15 is 0 Å². The molecule has 0 spiro atoms. The van der Waals surface area contributed by atoms with E-state index in [9.17, 15) is 37.5 Å². The average molecular weight is 857 g/mol. The molecule has 12 nitrogen and oxygen atoms in total. The summed E-state index contributed by atoms with van der Waals surface area (Å²) in [6, 6.07) is 36.4. The lowest BCUT2D eigenvalue weighted by molar-refractivity contribution is -0.0805. The van der Waals surface area contributed by atoms with Gasteiger partial charge in [0.2, 0.25) is 0 Å². The number of alkyl halides is 2. The maximum Gasteiger partial charge on any atom is 0.399 e. The number of hydrogen-bond acceptors (Lipinski definition) is 7. The second kappa shape index (κ2) is 17.2. The van der Waals surface area contributed by atoms with Crippen molar-refractivity contribution in [3.8, 4) is 11.1 Å². The summed E-state index contributed by atoms with van der Waals surface area (Å²) in [6.07, 6.45) is 0.724. The number of para-hydroxylation sites is 1. The van der Waals surface area contributed by atoms with Crippen LogP contribution in [0.1, 0.15) is 54.3 Å². The standard InChI is InChI=1S/C44H44F2N4O8P2/c1-29(2)23-40(58-28-57-3)38-22-19-33-24-34(25-41(42(33)47-38)59(51,52)53)32-17-13-30(14-18-32)26-43(35-9-5-4-6-10-35,50-39-12-8-7-11-37(39)48-49-50)27-31-15-20-36(21-16-31)44(45,46)60(54,55)56/h4-22,24-25,29,40H,23,26-28H2,1-3H3,(H2,51,52,53)(H2,54,55,56). The van der Waals surface area contributed by atoms with Crippen molar-refractivity contribution in [1.82, 2.24) is 20.0 Å². The number of nitrogens with zero attached hydrogens (tertiary/aromatic N) is 4. The van der Waals surface area contributed by atoms with E-state index in [0.717, 1.165) is 28.8 Å². The molecular weight excluding hydrogens is 812 g/mol. The Morgan fingerprint density at radius 1 is 0.750 bits per heavy atom. The van der Waals surface area contributed by atoms with E-state index in [2.05, 4.69) is 10.3 Å². The van der Waals surface area contributed by atoms with Crippen LogP contribution < -0.4 is 5.30 Å². The predicted octanol–water partition coefficient (Wildman–Crippen LogP) is 8.61. The van der Waals surface area contributed by atoms with Gasteiger partial charge in [-0.25, -0.2) is 9.67 Å². The van der Waals surface area contributed by atoms with Crippen LogP contribution in [0.15, 0.2) is 127 Å². The van der Waals surface area contributed by atoms with Crippen LogP contribution in [0, 0.1) is 5.92 Å². The highest BCUT2D eigenvalue weighted by Crippen LogP contribution is 2.59. The third kappa shape index (κ3) is 8.88. The topological polar surface area (TPSA) is 177 Å². The highest BCUT2D eigenvalue weighted by Gasteiger charge is 2.50. The van der Waals surface area contributed by atoms with Gasteiger partial charge in [-0.15, -0.1) is 5.10 Å². The molecule has 7 aromatic rings. The number of ether oxygens (including phenoxy) is 2. The number of halogens is 2. The quantitative estimate of drug-likeness (QED) is 0.0541. The monoisotopic (exact) mass is 856 g/mol. The third-order valence-electron chi connectivity index (χ3n) is 10.5. The molecule has 2 heterocycles. The number of hydrogen-bond donors (Lipinski definition) is 4. The fourth-order valence-corrected chi connectivity index (χ4v) is 8.85. The Bertz CT molecular complexity index is 2710. The zero-order chi connectivity index (χ0) is 42.9. The molecule has 60 heavy (non-hydrogen) atoms. The molecule has 0 saturated heterocycles. The summed E-state index contributed by atoms with van der Waals surface area (Å²) in [7, 11) is -9.06. The number of aromatic nitrogens is 4. The first kappa shape index (κ1) is 43.1. The molecule has 0 bridgehead atoms. The second-order valence-electron chi connectivity index (χ2n) is 15.3. The van der Waals surface area contributed by atoms with Gasteiger partial charge in [-0.05, 0) is 70.5 Å². The van der Waals surface area contributed by atoms with E-state index in [1.54, 1.807) is 12.1 Å². The molecule has 0 amide bonds. The Balaban J connectivity index is 1.30. The molecule has 2 atom stereocenters. The molecule has 2 aromatic heterocycles. The first-order valence-electron chi connectivity index (χ1n) is 19.1. The Morgan fingerprint density at radius 3 is 2.00 bits per heavy atom. The van der Waals surface area contributed by atoms with Crippen LogP contribution in [0.3, 0.4) is 0 Å². The van der Waals surface area contributed by atoms with Crippen molar-refractivity contribution in [1.29, 1.82) is 0 Å². The van der Waals surface area contributed by atoms with Crippen molar-refractivity contribution < 1.29 is 47.0 Å². The molecule has 0 radical (unpaired) electrons. The smallest absolute Gasteiger partial charge is 0.359 e. The van der Waals surface area contributed by atoms with Crippen molar-refractivity contribution >= 4 is 42.4 Å². The molecule has 312 valence electrons. The average Bonchev–Trinajstić information content (AvgIpc) is 3.66. The molecule has 4 N–H and O–H groups in total. The zero-order valence-electron chi connectivity index (χ0n) is 33.0. The van der Waals surface area contributed by atoms with Crippen molar-refractivity contribution in [2.24, 2.45) is 5.92 Å². The first-order chi connectivity index (χ1) is 28.5. The molecule has 0 fully saturated rings. The number of pyridine rings is 1. The van der Waals surface area contributed by atoms with Gasteiger partial charge >= 0.3 is 20.9 Å². The van der Waals surface area contributed by atoms with Crippen LogP contribution in [0.25, 0.3) is 33.1 Å². The molecule has 0 aliphatic rings. The lowest BCUT2D eigenvalue weighted by Crippen LogP contribution is -2.40. The zero-order valence-corrected chi connectivity index (χ0v) is 34.8. The van der Waals surface area contributed by atoms with Gasteiger partial charge in [0.25, 0.3) is 0 Å². The van der Waals surface area contributed by atoms with Crippen LogP contribution in [-0.2, 0) is 42.6 Å². The minimum atomic E-state index is -5.78. The first-order valence-corrected chi connectivity index (χ1v) is 22.3. The SMILES string of the molecule is COCOC(CC(C)C)c1ccc2cc(-c3ccc(CC(Cc4ccc(C(F)(F)P(=O)(O)O)cc4)(c4ccccc4)n4nnc5ccccc54)cc3)cc(P(=O)(O)O)c2n1. The summed E-state index contributed by atoms with van der Waals surface area (Å²) in [6.45, 7) is 4.13. The van der Waals surface area contributed by atoms with Crippen LogP contribution in [0.4, 0.5) is 8.78 Å². The Morgan fingerprint density at radius 2 is 1.38 bits per heavy atom. The number of methoxy groups -OCH3 is 1. The van der Waals surface area contributed by atoms with Gasteiger partial charge in [0.15, 0.2) is 0 Å². The van der Waals surface area contributed by atoms with E-state index < -0.39 is 38.1 Å². The van der Waals surface area contributed by atoms with Crippen molar-refractivity contribution in [3.05, 3.63) is 155 Å². The van der Waals surface area contributed by atoms with Crippen molar-refractivity contribution in [3.63, 3.8) is 0 Å². The molecule has 5 aromatic carbocycles. The summed E-state index contributed by atoms with van der Waals surface area (Å²) >= 11 is 0.